The number of carbonyl (C=O) groups excluding carboxylic acids is 1. The fraction of sp³-hybridized carbons (Fsp3) is 0.143. The molecule has 1 aromatic carbocycles. The molecule has 0 saturated carbocycles. The van der Waals surface area contributed by atoms with E-state index >= 15 is 0 Å². The van der Waals surface area contributed by atoms with Crippen LogP contribution in [0.2, 0.25) is 0 Å². The molecule has 18 heavy (non-hydrogen) atoms. The van der Waals surface area contributed by atoms with E-state index in [4.69, 9.17) is 0 Å². The maximum atomic E-state index is 10.4. The monoisotopic (exact) mass is 239 g/mol. The summed E-state index contributed by atoms with van der Waals surface area (Å²) in [5, 5.41) is 1.17. The molecule has 0 radical (unpaired) electrons. The summed E-state index contributed by atoms with van der Waals surface area (Å²) >= 11 is 0. The molecule has 4 nitrogen and oxygen atoms in total. The Kier molecular flexibility index (Phi) is 2.48. The molecule has 0 amide bonds. The van der Waals surface area contributed by atoms with Crippen LogP contribution in [0.5, 0.6) is 0 Å². The van der Waals surface area contributed by atoms with Crippen LogP contribution in [0.15, 0.2) is 36.8 Å². The third-order valence-corrected chi connectivity index (χ3v) is 2.97. The minimum Gasteiger partial charge on any atom is -0.353 e. The molecule has 90 valence electrons. The summed E-state index contributed by atoms with van der Waals surface area (Å²) in [6, 6.07) is 8.36. The number of imidazole rings is 1. The quantitative estimate of drug-likeness (QED) is 0.714. The summed E-state index contributed by atoms with van der Waals surface area (Å²) < 4.78 is 1.76. The Balaban J connectivity index is 2.04. The van der Waals surface area contributed by atoms with Crippen LogP contribution in [0, 0.1) is 6.92 Å². The minimum atomic E-state index is 0.340. The lowest BCUT2D eigenvalue weighted by atomic mass is 10.2. The number of H-pyrrole nitrogens is 1. The highest BCUT2D eigenvalue weighted by atomic mass is 16.1. The van der Waals surface area contributed by atoms with Gasteiger partial charge in [-0.1, -0.05) is 12.1 Å². The van der Waals surface area contributed by atoms with Crippen molar-refractivity contribution in [1.82, 2.24) is 14.5 Å². The van der Waals surface area contributed by atoms with Crippen molar-refractivity contribution < 1.29 is 4.79 Å². The third kappa shape index (κ3) is 1.82. The Morgan fingerprint density at radius 1 is 1.39 bits per heavy atom. The number of nitrogens with zero attached hydrogens (tertiary/aromatic N) is 2. The Morgan fingerprint density at radius 2 is 2.28 bits per heavy atom. The van der Waals surface area contributed by atoms with Gasteiger partial charge in [0.05, 0.1) is 18.6 Å². The number of aryl methyl sites for hydroxylation is 1. The predicted molar refractivity (Wildman–Crippen MR) is 70.3 cm³/mol. The SMILES string of the molecule is Cc1ccc2cc(-c3cn(CC=O)cn3)[nH]c2c1. The number of aromatic nitrogens is 3. The number of hydrogen-bond acceptors (Lipinski definition) is 2. The maximum absolute atomic E-state index is 10.4. The van der Waals surface area contributed by atoms with E-state index in [-0.39, 0.29) is 0 Å². The van der Waals surface area contributed by atoms with Crippen molar-refractivity contribution in [2.24, 2.45) is 0 Å². The van der Waals surface area contributed by atoms with Gasteiger partial charge in [0, 0.05) is 17.1 Å². The van der Waals surface area contributed by atoms with E-state index in [0.717, 1.165) is 23.2 Å². The molecule has 4 heteroatoms. The van der Waals surface area contributed by atoms with Crippen LogP contribution in [-0.4, -0.2) is 20.8 Å². The number of rotatable bonds is 3. The standard InChI is InChI=1S/C14H13N3O/c1-10-2-3-11-7-13(16-12(11)6-10)14-8-17(4-5-18)9-15-14/h2-3,5-9,16H,4H2,1H3. The van der Waals surface area contributed by atoms with Crippen molar-refractivity contribution in [1.29, 1.82) is 0 Å². The number of carbonyl (C=O) groups is 1. The van der Waals surface area contributed by atoms with E-state index in [9.17, 15) is 4.79 Å². The smallest absolute Gasteiger partial charge is 0.139 e. The first-order chi connectivity index (χ1) is 8.76. The fourth-order valence-corrected chi connectivity index (χ4v) is 2.06. The average molecular weight is 239 g/mol. The molecular formula is C14H13N3O. The lowest BCUT2D eigenvalue weighted by Gasteiger charge is -1.92. The van der Waals surface area contributed by atoms with Crippen molar-refractivity contribution in [2.45, 2.75) is 13.5 Å². The molecule has 0 aliphatic carbocycles. The second-order valence-electron chi connectivity index (χ2n) is 4.40. The van der Waals surface area contributed by atoms with E-state index in [2.05, 4.69) is 41.2 Å². The van der Waals surface area contributed by atoms with E-state index in [1.807, 2.05) is 6.20 Å². The predicted octanol–water partition coefficient (Wildman–Crippen LogP) is 2.54. The number of benzene rings is 1. The van der Waals surface area contributed by atoms with Gasteiger partial charge in [0.2, 0.25) is 0 Å². The van der Waals surface area contributed by atoms with Crippen molar-refractivity contribution in [3.05, 3.63) is 42.4 Å². The molecule has 2 aromatic heterocycles. The molecule has 3 rings (SSSR count). The normalized spacial score (nSPS) is 10.9. The molecule has 0 aliphatic heterocycles. The van der Waals surface area contributed by atoms with Crippen molar-refractivity contribution in [3.8, 4) is 11.4 Å². The van der Waals surface area contributed by atoms with Gasteiger partial charge in [-0.25, -0.2) is 4.98 Å². The number of aromatic amines is 1. The van der Waals surface area contributed by atoms with E-state index in [1.165, 1.54) is 10.9 Å². The van der Waals surface area contributed by atoms with Crippen LogP contribution in [-0.2, 0) is 11.3 Å². The summed E-state index contributed by atoms with van der Waals surface area (Å²) in [6.07, 6.45) is 4.40. The third-order valence-electron chi connectivity index (χ3n) is 2.97. The molecule has 1 N–H and O–H groups in total. The largest absolute Gasteiger partial charge is 0.353 e. The zero-order valence-electron chi connectivity index (χ0n) is 10.1. The van der Waals surface area contributed by atoms with Gasteiger partial charge in [-0.05, 0) is 24.6 Å². The molecule has 0 spiro atoms. The van der Waals surface area contributed by atoms with E-state index in [1.54, 1.807) is 10.9 Å². The van der Waals surface area contributed by atoms with Crippen molar-refractivity contribution in [3.63, 3.8) is 0 Å². The molecule has 0 fully saturated rings. The zero-order valence-corrected chi connectivity index (χ0v) is 10.1. The number of nitrogens with one attached hydrogen (secondary N) is 1. The fourth-order valence-electron chi connectivity index (χ4n) is 2.06. The van der Waals surface area contributed by atoms with E-state index in [0.29, 0.717) is 6.54 Å². The van der Waals surface area contributed by atoms with Gasteiger partial charge in [-0.15, -0.1) is 0 Å². The Bertz CT molecular complexity index is 709. The van der Waals surface area contributed by atoms with Gasteiger partial charge >= 0.3 is 0 Å². The van der Waals surface area contributed by atoms with Gasteiger partial charge in [-0.2, -0.15) is 0 Å². The van der Waals surface area contributed by atoms with Crippen LogP contribution in [0.1, 0.15) is 5.56 Å². The van der Waals surface area contributed by atoms with Crippen molar-refractivity contribution in [2.75, 3.05) is 0 Å². The Morgan fingerprint density at radius 3 is 3.11 bits per heavy atom. The topological polar surface area (TPSA) is 50.7 Å². The molecular weight excluding hydrogens is 226 g/mol. The maximum Gasteiger partial charge on any atom is 0.139 e. The molecule has 2 heterocycles. The highest BCUT2D eigenvalue weighted by Gasteiger charge is 2.06. The molecule has 0 unspecified atom stereocenters. The summed E-state index contributed by atoms with van der Waals surface area (Å²) in [4.78, 5) is 18.1. The average Bonchev–Trinajstić information content (AvgIpc) is 2.94. The second-order valence-corrected chi connectivity index (χ2v) is 4.40. The molecule has 0 aliphatic rings. The van der Waals surface area contributed by atoms with Crippen molar-refractivity contribution >= 4 is 17.2 Å². The van der Waals surface area contributed by atoms with Gasteiger partial charge in [0.25, 0.3) is 0 Å². The van der Waals surface area contributed by atoms with Crippen LogP contribution < -0.4 is 0 Å². The summed E-state index contributed by atoms with van der Waals surface area (Å²) in [6.45, 7) is 2.41. The number of fused-ring (bicyclic) bond motifs is 1. The van der Waals surface area contributed by atoms with Gasteiger partial charge in [-0.3, -0.25) is 0 Å². The lowest BCUT2D eigenvalue weighted by molar-refractivity contribution is -0.108. The second kappa shape index (κ2) is 4.14. The Hall–Kier alpha value is -2.36. The summed E-state index contributed by atoms with van der Waals surface area (Å²) in [5.74, 6) is 0. The first-order valence-corrected chi connectivity index (χ1v) is 5.81. The summed E-state index contributed by atoms with van der Waals surface area (Å²) in [7, 11) is 0. The first-order valence-electron chi connectivity index (χ1n) is 5.81. The van der Waals surface area contributed by atoms with Crippen LogP contribution in [0.3, 0.4) is 0 Å². The molecule has 0 atom stereocenters. The lowest BCUT2D eigenvalue weighted by Crippen LogP contribution is -1.93. The van der Waals surface area contributed by atoms with Gasteiger partial charge in [0.15, 0.2) is 0 Å². The van der Waals surface area contributed by atoms with Gasteiger partial charge < -0.3 is 14.3 Å². The highest BCUT2D eigenvalue weighted by Crippen LogP contribution is 2.23. The van der Waals surface area contributed by atoms with Crippen LogP contribution in [0.25, 0.3) is 22.3 Å². The van der Waals surface area contributed by atoms with E-state index < -0.39 is 0 Å². The number of hydrogen-bond donors (Lipinski definition) is 1. The number of aldehydes is 1. The minimum absolute atomic E-state index is 0.340. The molecule has 0 bridgehead atoms. The molecule has 0 saturated heterocycles. The van der Waals surface area contributed by atoms with Crippen LogP contribution in [0.4, 0.5) is 0 Å². The summed E-state index contributed by atoms with van der Waals surface area (Å²) in [5.41, 5.74) is 4.16. The highest BCUT2D eigenvalue weighted by molar-refractivity contribution is 5.85. The van der Waals surface area contributed by atoms with Crippen LogP contribution >= 0.6 is 0 Å². The zero-order chi connectivity index (χ0) is 12.5. The first kappa shape index (κ1) is 10.8. The molecule has 3 aromatic rings. The Labute approximate surface area is 104 Å². The van der Waals surface area contributed by atoms with Gasteiger partial charge in [0.1, 0.15) is 12.0 Å².